The van der Waals surface area contributed by atoms with E-state index in [0.29, 0.717) is 6.42 Å². The highest BCUT2D eigenvalue weighted by molar-refractivity contribution is 7.22. The SMILES string of the molecule is Cc1ccc(CC(=O)N2CCN(c3nc4c(C)c(C)ccc4s3)CC2)cc1. The van der Waals surface area contributed by atoms with Gasteiger partial charge in [0.05, 0.1) is 16.6 Å². The van der Waals surface area contributed by atoms with Crippen LogP contribution in [0.1, 0.15) is 22.3 Å². The van der Waals surface area contributed by atoms with E-state index >= 15 is 0 Å². The summed E-state index contributed by atoms with van der Waals surface area (Å²) in [6.07, 6.45) is 0.486. The van der Waals surface area contributed by atoms with Crippen molar-refractivity contribution >= 4 is 32.6 Å². The van der Waals surface area contributed by atoms with Crippen LogP contribution in [0, 0.1) is 20.8 Å². The van der Waals surface area contributed by atoms with Crippen LogP contribution in [0.2, 0.25) is 0 Å². The topological polar surface area (TPSA) is 36.4 Å². The lowest BCUT2D eigenvalue weighted by molar-refractivity contribution is -0.130. The van der Waals surface area contributed by atoms with E-state index < -0.39 is 0 Å². The normalized spacial score (nSPS) is 14.8. The number of piperazine rings is 1. The quantitative estimate of drug-likeness (QED) is 0.687. The number of anilines is 1. The van der Waals surface area contributed by atoms with Gasteiger partial charge < -0.3 is 9.80 Å². The minimum absolute atomic E-state index is 0.217. The molecule has 1 aromatic heterocycles. The van der Waals surface area contributed by atoms with Gasteiger partial charge in [0, 0.05) is 26.2 Å². The predicted octanol–water partition coefficient (Wildman–Crippen LogP) is 4.11. The molecule has 0 atom stereocenters. The number of hydrogen-bond acceptors (Lipinski definition) is 4. The Labute approximate surface area is 164 Å². The van der Waals surface area contributed by atoms with Crippen molar-refractivity contribution in [2.45, 2.75) is 27.2 Å². The zero-order valence-electron chi connectivity index (χ0n) is 16.2. The first-order valence-corrected chi connectivity index (χ1v) is 10.3. The van der Waals surface area contributed by atoms with Gasteiger partial charge in [-0.15, -0.1) is 0 Å². The van der Waals surface area contributed by atoms with Gasteiger partial charge in [0.1, 0.15) is 0 Å². The Kier molecular flexibility index (Phi) is 4.87. The molecule has 0 unspecified atom stereocenters. The van der Waals surface area contributed by atoms with E-state index in [2.05, 4.69) is 62.1 Å². The molecule has 0 radical (unpaired) electrons. The standard InChI is InChI=1S/C22H25N3OS/c1-15-4-7-18(8-5-15)14-20(26)24-10-12-25(13-11-24)22-23-21-17(3)16(2)6-9-19(21)27-22/h4-9H,10-14H2,1-3H3. The molecule has 140 valence electrons. The van der Waals surface area contributed by atoms with Gasteiger partial charge in [-0.25, -0.2) is 4.98 Å². The minimum atomic E-state index is 0.217. The number of nitrogens with zero attached hydrogens (tertiary/aromatic N) is 3. The zero-order chi connectivity index (χ0) is 19.0. The summed E-state index contributed by atoms with van der Waals surface area (Å²) in [5.74, 6) is 0.217. The molecule has 0 saturated carbocycles. The molecular weight excluding hydrogens is 354 g/mol. The molecule has 0 spiro atoms. The maximum absolute atomic E-state index is 12.6. The Hall–Kier alpha value is -2.40. The second-order valence-electron chi connectivity index (χ2n) is 7.38. The number of aromatic nitrogens is 1. The van der Waals surface area contributed by atoms with Crippen LogP contribution in [0.15, 0.2) is 36.4 Å². The van der Waals surface area contributed by atoms with Crippen LogP contribution in [-0.2, 0) is 11.2 Å². The van der Waals surface area contributed by atoms with Gasteiger partial charge in [0.2, 0.25) is 5.91 Å². The third kappa shape index (κ3) is 3.69. The van der Waals surface area contributed by atoms with Gasteiger partial charge in [-0.05, 0) is 43.5 Å². The second-order valence-corrected chi connectivity index (χ2v) is 8.39. The van der Waals surface area contributed by atoms with Crippen LogP contribution in [0.5, 0.6) is 0 Å². The van der Waals surface area contributed by atoms with E-state index in [4.69, 9.17) is 4.98 Å². The molecule has 1 amide bonds. The molecule has 1 fully saturated rings. The lowest BCUT2D eigenvalue weighted by Crippen LogP contribution is -2.49. The van der Waals surface area contributed by atoms with E-state index in [1.807, 2.05) is 4.90 Å². The van der Waals surface area contributed by atoms with Gasteiger partial charge in [0.25, 0.3) is 0 Å². The van der Waals surface area contributed by atoms with Crippen molar-refractivity contribution in [3.63, 3.8) is 0 Å². The fourth-order valence-corrected chi connectivity index (χ4v) is 4.57. The van der Waals surface area contributed by atoms with Crippen molar-refractivity contribution in [2.24, 2.45) is 0 Å². The van der Waals surface area contributed by atoms with Crippen LogP contribution >= 0.6 is 11.3 Å². The number of hydrogen-bond donors (Lipinski definition) is 0. The molecule has 5 heteroatoms. The summed E-state index contributed by atoms with van der Waals surface area (Å²) >= 11 is 1.75. The molecule has 27 heavy (non-hydrogen) atoms. The van der Waals surface area contributed by atoms with Crippen LogP contribution in [0.4, 0.5) is 5.13 Å². The summed E-state index contributed by atoms with van der Waals surface area (Å²) in [6, 6.07) is 12.6. The van der Waals surface area contributed by atoms with Gasteiger partial charge in [0.15, 0.2) is 5.13 Å². The Bertz CT molecular complexity index is 969. The highest BCUT2D eigenvalue weighted by Crippen LogP contribution is 2.32. The molecule has 0 aliphatic carbocycles. The average Bonchev–Trinajstić information content (AvgIpc) is 3.12. The number of amides is 1. The van der Waals surface area contributed by atoms with Crippen LogP contribution in [0.3, 0.4) is 0 Å². The third-order valence-corrected chi connectivity index (χ3v) is 6.53. The van der Waals surface area contributed by atoms with Gasteiger partial charge in [-0.2, -0.15) is 0 Å². The summed E-state index contributed by atoms with van der Waals surface area (Å²) in [5.41, 5.74) is 5.98. The molecule has 1 saturated heterocycles. The van der Waals surface area contributed by atoms with Crippen LogP contribution < -0.4 is 4.90 Å². The van der Waals surface area contributed by atoms with E-state index in [-0.39, 0.29) is 5.91 Å². The fourth-order valence-electron chi connectivity index (χ4n) is 3.49. The molecule has 2 aromatic carbocycles. The first kappa shape index (κ1) is 18.0. The van der Waals surface area contributed by atoms with Crippen molar-refractivity contribution in [2.75, 3.05) is 31.1 Å². The van der Waals surface area contributed by atoms with Crippen LogP contribution in [0.25, 0.3) is 10.2 Å². The number of carbonyl (C=O) groups is 1. The smallest absolute Gasteiger partial charge is 0.227 e. The lowest BCUT2D eigenvalue weighted by Gasteiger charge is -2.34. The Balaban J connectivity index is 1.40. The molecule has 4 nitrogen and oxygen atoms in total. The number of rotatable bonds is 3. The van der Waals surface area contributed by atoms with Crippen LogP contribution in [-0.4, -0.2) is 42.0 Å². The van der Waals surface area contributed by atoms with Crippen molar-refractivity contribution in [3.05, 3.63) is 58.7 Å². The molecule has 0 bridgehead atoms. The maximum atomic E-state index is 12.6. The predicted molar refractivity (Wildman–Crippen MR) is 113 cm³/mol. The molecule has 0 N–H and O–H groups in total. The van der Waals surface area contributed by atoms with E-state index in [1.165, 1.54) is 21.4 Å². The Morgan fingerprint density at radius 3 is 2.41 bits per heavy atom. The average molecular weight is 380 g/mol. The van der Waals surface area contributed by atoms with Gasteiger partial charge in [-0.3, -0.25) is 4.79 Å². The number of carbonyl (C=O) groups excluding carboxylic acids is 1. The van der Waals surface area contributed by atoms with Crippen molar-refractivity contribution in [1.82, 2.24) is 9.88 Å². The van der Waals surface area contributed by atoms with E-state index in [9.17, 15) is 4.79 Å². The summed E-state index contributed by atoms with van der Waals surface area (Å²) in [7, 11) is 0. The summed E-state index contributed by atoms with van der Waals surface area (Å²) in [6.45, 7) is 9.55. The molecule has 3 aromatic rings. The molecule has 1 aliphatic rings. The monoisotopic (exact) mass is 379 g/mol. The molecule has 4 rings (SSSR count). The number of benzene rings is 2. The summed E-state index contributed by atoms with van der Waals surface area (Å²) < 4.78 is 1.24. The highest BCUT2D eigenvalue weighted by Gasteiger charge is 2.23. The molecular formula is C22H25N3OS. The first-order chi connectivity index (χ1) is 13.0. The molecule has 2 heterocycles. The number of fused-ring (bicyclic) bond motifs is 1. The fraction of sp³-hybridized carbons (Fsp3) is 0.364. The Morgan fingerprint density at radius 1 is 1.00 bits per heavy atom. The van der Waals surface area contributed by atoms with E-state index in [1.54, 1.807) is 11.3 Å². The lowest BCUT2D eigenvalue weighted by atomic mass is 10.1. The zero-order valence-corrected chi connectivity index (χ0v) is 17.0. The largest absolute Gasteiger partial charge is 0.345 e. The van der Waals surface area contributed by atoms with Crippen molar-refractivity contribution in [1.29, 1.82) is 0 Å². The van der Waals surface area contributed by atoms with Gasteiger partial charge >= 0.3 is 0 Å². The Morgan fingerprint density at radius 2 is 1.70 bits per heavy atom. The van der Waals surface area contributed by atoms with Crippen molar-refractivity contribution in [3.8, 4) is 0 Å². The number of aryl methyl sites for hydroxylation is 3. The molecule has 1 aliphatic heterocycles. The number of thiazole rings is 1. The minimum Gasteiger partial charge on any atom is -0.345 e. The van der Waals surface area contributed by atoms with Crippen molar-refractivity contribution < 1.29 is 4.79 Å². The third-order valence-electron chi connectivity index (χ3n) is 5.45. The first-order valence-electron chi connectivity index (χ1n) is 9.46. The second kappa shape index (κ2) is 7.31. The van der Waals surface area contributed by atoms with E-state index in [0.717, 1.165) is 42.4 Å². The summed E-state index contributed by atoms with van der Waals surface area (Å²) in [5, 5.41) is 1.07. The maximum Gasteiger partial charge on any atom is 0.227 e. The highest BCUT2D eigenvalue weighted by atomic mass is 32.1. The van der Waals surface area contributed by atoms with Gasteiger partial charge in [-0.1, -0.05) is 47.2 Å². The summed E-state index contributed by atoms with van der Waals surface area (Å²) in [4.78, 5) is 21.8.